The zero-order valence-electron chi connectivity index (χ0n) is 11.0. The first-order valence-electron chi connectivity index (χ1n) is 6.69. The fourth-order valence-corrected chi connectivity index (χ4v) is 4.28. The molecule has 2 bridgehead atoms. The summed E-state index contributed by atoms with van der Waals surface area (Å²) in [5.41, 5.74) is 2.05. The van der Waals surface area contributed by atoms with Crippen LogP contribution in [0.1, 0.15) is 40.0 Å². The molecule has 2 nitrogen and oxygen atoms in total. The molecule has 2 fully saturated rings. The summed E-state index contributed by atoms with van der Waals surface area (Å²) in [6.45, 7) is 7.31. The van der Waals surface area contributed by atoms with Crippen LogP contribution in [-0.4, -0.2) is 11.0 Å². The third-order valence-electron chi connectivity index (χ3n) is 5.24. The van der Waals surface area contributed by atoms with Crippen molar-refractivity contribution in [2.75, 3.05) is 5.32 Å². The van der Waals surface area contributed by atoms with E-state index in [9.17, 15) is 0 Å². The van der Waals surface area contributed by atoms with Crippen LogP contribution in [0.3, 0.4) is 0 Å². The van der Waals surface area contributed by atoms with Gasteiger partial charge in [-0.2, -0.15) is 0 Å². The molecule has 2 aliphatic rings. The Morgan fingerprint density at radius 3 is 2.76 bits per heavy atom. The summed E-state index contributed by atoms with van der Waals surface area (Å²) >= 11 is 0. The minimum Gasteiger partial charge on any atom is -0.380 e. The van der Waals surface area contributed by atoms with Crippen LogP contribution in [0.2, 0.25) is 0 Å². The van der Waals surface area contributed by atoms with Gasteiger partial charge in [0.1, 0.15) is 0 Å². The molecule has 0 aliphatic heterocycles. The van der Waals surface area contributed by atoms with Crippen molar-refractivity contribution in [2.45, 2.75) is 46.1 Å². The summed E-state index contributed by atoms with van der Waals surface area (Å²) < 4.78 is 0. The van der Waals surface area contributed by atoms with E-state index in [0.29, 0.717) is 16.9 Å². The van der Waals surface area contributed by atoms with E-state index >= 15 is 0 Å². The maximum atomic E-state index is 4.20. The molecule has 3 unspecified atom stereocenters. The molecule has 0 amide bonds. The van der Waals surface area contributed by atoms with E-state index in [4.69, 9.17) is 0 Å². The van der Waals surface area contributed by atoms with Crippen molar-refractivity contribution in [2.24, 2.45) is 16.7 Å². The minimum atomic E-state index is 0.406. The second kappa shape index (κ2) is 3.47. The van der Waals surface area contributed by atoms with E-state index < -0.39 is 0 Å². The van der Waals surface area contributed by atoms with Crippen LogP contribution < -0.4 is 5.32 Å². The molecule has 0 saturated heterocycles. The third kappa shape index (κ3) is 1.57. The van der Waals surface area contributed by atoms with E-state index in [1.807, 2.05) is 18.5 Å². The molecule has 2 saturated carbocycles. The first kappa shape index (κ1) is 11.1. The van der Waals surface area contributed by atoms with Gasteiger partial charge >= 0.3 is 0 Å². The number of nitrogens with zero attached hydrogens (tertiary/aromatic N) is 1. The van der Waals surface area contributed by atoms with Gasteiger partial charge in [-0.15, -0.1) is 0 Å². The minimum absolute atomic E-state index is 0.406. The van der Waals surface area contributed by atoms with Crippen molar-refractivity contribution in [3.05, 3.63) is 24.5 Å². The van der Waals surface area contributed by atoms with E-state index in [1.54, 1.807) is 0 Å². The number of pyridine rings is 1. The maximum absolute atomic E-state index is 4.20. The Kier molecular flexibility index (Phi) is 2.26. The molecule has 1 aromatic rings. The van der Waals surface area contributed by atoms with Crippen LogP contribution in [0.5, 0.6) is 0 Å². The van der Waals surface area contributed by atoms with Crippen LogP contribution in [0, 0.1) is 16.7 Å². The predicted octanol–water partition coefficient (Wildman–Crippen LogP) is 3.71. The Hall–Kier alpha value is -1.05. The van der Waals surface area contributed by atoms with Crippen LogP contribution in [0.4, 0.5) is 5.69 Å². The van der Waals surface area contributed by atoms with Gasteiger partial charge in [-0.1, -0.05) is 20.8 Å². The summed E-state index contributed by atoms with van der Waals surface area (Å²) in [5.74, 6) is 0.890. The van der Waals surface area contributed by atoms with Crippen molar-refractivity contribution in [3.63, 3.8) is 0 Å². The summed E-state index contributed by atoms with van der Waals surface area (Å²) in [5, 5.41) is 3.74. The quantitative estimate of drug-likeness (QED) is 0.837. The highest BCUT2D eigenvalue weighted by molar-refractivity contribution is 5.43. The Morgan fingerprint density at radius 2 is 2.18 bits per heavy atom. The van der Waals surface area contributed by atoms with Gasteiger partial charge in [0.05, 0.1) is 5.69 Å². The topological polar surface area (TPSA) is 24.9 Å². The van der Waals surface area contributed by atoms with Crippen LogP contribution in [0.25, 0.3) is 0 Å². The van der Waals surface area contributed by atoms with E-state index in [-0.39, 0.29) is 0 Å². The average Bonchev–Trinajstić information content (AvgIpc) is 2.77. The first-order valence-corrected chi connectivity index (χ1v) is 6.69. The van der Waals surface area contributed by atoms with Gasteiger partial charge in [-0.05, 0) is 48.1 Å². The maximum Gasteiger partial charge on any atom is 0.0529 e. The molecule has 0 radical (unpaired) electrons. The number of anilines is 1. The lowest BCUT2D eigenvalue weighted by molar-refractivity contribution is 0.155. The van der Waals surface area contributed by atoms with Crippen molar-refractivity contribution < 1.29 is 0 Å². The Bertz CT molecular complexity index is 407. The molecule has 1 heterocycles. The highest BCUT2D eigenvalue weighted by Crippen LogP contribution is 2.63. The van der Waals surface area contributed by atoms with Gasteiger partial charge < -0.3 is 5.32 Å². The fraction of sp³-hybridized carbons (Fsp3) is 0.667. The van der Waals surface area contributed by atoms with Gasteiger partial charge in [0.25, 0.3) is 0 Å². The molecule has 1 aromatic heterocycles. The number of nitrogens with one attached hydrogen (secondary N) is 1. The zero-order valence-corrected chi connectivity index (χ0v) is 11.0. The van der Waals surface area contributed by atoms with Crippen LogP contribution >= 0.6 is 0 Å². The van der Waals surface area contributed by atoms with Crippen molar-refractivity contribution in [1.82, 2.24) is 4.98 Å². The van der Waals surface area contributed by atoms with Gasteiger partial charge in [0.2, 0.25) is 0 Å². The standard InChI is InChI=1S/C15H22N2/c1-14(2)11-6-7-15(3,9-11)13(14)17-12-5-4-8-16-10-12/h4-5,8,10-11,13,17H,6-7,9H2,1-3H3. The largest absolute Gasteiger partial charge is 0.380 e. The number of fused-ring (bicyclic) bond motifs is 2. The molecule has 1 N–H and O–H groups in total. The molecule has 0 aromatic carbocycles. The predicted molar refractivity (Wildman–Crippen MR) is 70.9 cm³/mol. The lowest BCUT2D eigenvalue weighted by Gasteiger charge is -2.43. The highest BCUT2D eigenvalue weighted by Gasteiger charge is 2.59. The Morgan fingerprint density at radius 1 is 1.35 bits per heavy atom. The van der Waals surface area contributed by atoms with Crippen LogP contribution in [-0.2, 0) is 0 Å². The number of hydrogen-bond acceptors (Lipinski definition) is 2. The summed E-state index contributed by atoms with van der Waals surface area (Å²) in [6, 6.07) is 4.71. The second-order valence-electron chi connectivity index (χ2n) is 6.73. The zero-order chi connectivity index (χ0) is 12.1. The molecule has 0 spiro atoms. The molecule has 3 atom stereocenters. The molecule has 3 rings (SSSR count). The Labute approximate surface area is 104 Å². The average molecular weight is 230 g/mol. The monoisotopic (exact) mass is 230 g/mol. The van der Waals surface area contributed by atoms with Crippen LogP contribution in [0.15, 0.2) is 24.5 Å². The smallest absolute Gasteiger partial charge is 0.0529 e. The van der Waals surface area contributed by atoms with Crippen molar-refractivity contribution in [3.8, 4) is 0 Å². The second-order valence-corrected chi connectivity index (χ2v) is 6.73. The lowest BCUT2D eigenvalue weighted by atomic mass is 9.68. The van der Waals surface area contributed by atoms with Gasteiger partial charge in [0.15, 0.2) is 0 Å². The molecular formula is C15H22N2. The SMILES string of the molecule is CC12CCC(C1)C(C)(C)C2Nc1cccnc1. The first-order chi connectivity index (χ1) is 8.02. The molecule has 2 heteroatoms. The van der Waals surface area contributed by atoms with Gasteiger partial charge in [-0.25, -0.2) is 0 Å². The summed E-state index contributed by atoms with van der Waals surface area (Å²) in [7, 11) is 0. The molecule has 2 aliphatic carbocycles. The number of rotatable bonds is 2. The molecule has 92 valence electrons. The van der Waals surface area contributed by atoms with Gasteiger partial charge in [-0.3, -0.25) is 4.98 Å². The summed E-state index contributed by atoms with van der Waals surface area (Å²) in [4.78, 5) is 4.20. The molecular weight excluding hydrogens is 208 g/mol. The van der Waals surface area contributed by atoms with E-state index in [1.165, 1.54) is 24.9 Å². The van der Waals surface area contributed by atoms with Gasteiger partial charge in [0, 0.05) is 18.4 Å². The summed E-state index contributed by atoms with van der Waals surface area (Å²) in [6.07, 6.45) is 7.94. The Balaban J connectivity index is 1.88. The fourth-order valence-electron chi connectivity index (χ4n) is 4.28. The van der Waals surface area contributed by atoms with E-state index in [0.717, 1.165) is 5.92 Å². The van der Waals surface area contributed by atoms with E-state index in [2.05, 4.69) is 37.1 Å². The normalized spacial score (nSPS) is 38.3. The number of aromatic nitrogens is 1. The third-order valence-corrected chi connectivity index (χ3v) is 5.24. The molecule has 17 heavy (non-hydrogen) atoms. The van der Waals surface area contributed by atoms with Crippen molar-refractivity contribution >= 4 is 5.69 Å². The van der Waals surface area contributed by atoms with Crippen molar-refractivity contribution in [1.29, 1.82) is 0 Å². The number of hydrogen-bond donors (Lipinski definition) is 1. The lowest BCUT2D eigenvalue weighted by Crippen LogP contribution is -2.45. The highest BCUT2D eigenvalue weighted by atomic mass is 15.0.